The van der Waals surface area contributed by atoms with Gasteiger partial charge in [0.05, 0.1) is 10.2 Å². The van der Waals surface area contributed by atoms with E-state index in [0.717, 1.165) is 20.3 Å². The van der Waals surface area contributed by atoms with E-state index in [1.54, 1.807) is 23.1 Å². The number of anilines is 1. The molecular formula is C19H18N4O3S2. The minimum absolute atomic E-state index is 0.109. The molecule has 3 aromatic rings. The summed E-state index contributed by atoms with van der Waals surface area (Å²) in [5.74, 6) is -0.875. The Morgan fingerprint density at radius 2 is 1.71 bits per heavy atom. The van der Waals surface area contributed by atoms with Crippen molar-refractivity contribution in [1.29, 1.82) is 0 Å². The van der Waals surface area contributed by atoms with E-state index in [1.165, 1.54) is 18.2 Å². The van der Waals surface area contributed by atoms with E-state index in [9.17, 15) is 14.4 Å². The van der Waals surface area contributed by atoms with Crippen molar-refractivity contribution in [3.63, 3.8) is 0 Å². The summed E-state index contributed by atoms with van der Waals surface area (Å²) < 4.78 is 2.11. The number of benzene rings is 2. The highest BCUT2D eigenvalue weighted by Crippen LogP contribution is 2.29. The van der Waals surface area contributed by atoms with E-state index >= 15 is 0 Å². The normalized spacial score (nSPS) is 10.7. The smallest absolute Gasteiger partial charge is 0.248 e. The van der Waals surface area contributed by atoms with E-state index in [2.05, 4.69) is 10.3 Å². The maximum Gasteiger partial charge on any atom is 0.248 e. The van der Waals surface area contributed by atoms with Gasteiger partial charge in [-0.2, -0.15) is 0 Å². The number of nitrogens with zero attached hydrogens (tertiary/aromatic N) is 1. The first-order valence-electron chi connectivity index (χ1n) is 8.45. The van der Waals surface area contributed by atoms with Crippen molar-refractivity contribution in [2.75, 3.05) is 11.1 Å². The summed E-state index contributed by atoms with van der Waals surface area (Å²) in [6.45, 7) is 0. The third-order valence-electron chi connectivity index (χ3n) is 3.83. The molecule has 0 aliphatic carbocycles. The summed E-state index contributed by atoms with van der Waals surface area (Å²) in [5.41, 5.74) is 12.0. The Kier molecular flexibility index (Phi) is 6.27. The van der Waals surface area contributed by atoms with Gasteiger partial charge in [0.2, 0.25) is 17.7 Å². The highest BCUT2D eigenvalue weighted by atomic mass is 32.2. The van der Waals surface area contributed by atoms with Crippen LogP contribution in [-0.2, 0) is 4.79 Å². The van der Waals surface area contributed by atoms with E-state index in [4.69, 9.17) is 11.5 Å². The van der Waals surface area contributed by atoms with Crippen LogP contribution in [0.1, 0.15) is 33.6 Å². The molecule has 0 radical (unpaired) electrons. The van der Waals surface area contributed by atoms with Gasteiger partial charge in [0.15, 0.2) is 4.34 Å². The van der Waals surface area contributed by atoms with Gasteiger partial charge in [0.25, 0.3) is 0 Å². The summed E-state index contributed by atoms with van der Waals surface area (Å²) in [7, 11) is 0. The van der Waals surface area contributed by atoms with Gasteiger partial charge in [-0.3, -0.25) is 14.4 Å². The zero-order chi connectivity index (χ0) is 20.1. The molecule has 1 heterocycles. The molecule has 3 amide bonds. The number of thiazole rings is 1. The van der Waals surface area contributed by atoms with Crippen LogP contribution in [0, 0.1) is 0 Å². The van der Waals surface area contributed by atoms with Gasteiger partial charge in [-0.15, -0.1) is 11.3 Å². The second-order valence-corrected chi connectivity index (χ2v) is 8.35. The molecule has 0 bridgehead atoms. The van der Waals surface area contributed by atoms with Crippen molar-refractivity contribution in [3.8, 4) is 0 Å². The Hall–Kier alpha value is -2.91. The second-order valence-electron chi connectivity index (χ2n) is 5.98. The molecule has 1 aromatic heterocycles. The number of hydrogen-bond donors (Lipinski definition) is 3. The number of primary amides is 2. The number of thioether (sulfide) groups is 1. The van der Waals surface area contributed by atoms with Crippen LogP contribution < -0.4 is 16.8 Å². The maximum absolute atomic E-state index is 12.2. The largest absolute Gasteiger partial charge is 0.366 e. The Balaban J connectivity index is 1.52. The SMILES string of the molecule is NC(=O)c1cc(NC(=O)CCCSc2nc3ccccc3s2)cc(C(N)=O)c1. The predicted octanol–water partition coefficient (Wildman–Crippen LogP) is 3.01. The van der Waals surface area contributed by atoms with Gasteiger partial charge < -0.3 is 16.8 Å². The first kappa shape index (κ1) is 19.8. The summed E-state index contributed by atoms with van der Waals surface area (Å²) in [5, 5.41) is 2.68. The van der Waals surface area contributed by atoms with Gasteiger partial charge in [-0.25, -0.2) is 4.98 Å². The lowest BCUT2D eigenvalue weighted by atomic mass is 10.1. The Labute approximate surface area is 169 Å². The molecule has 5 N–H and O–H groups in total. The molecule has 0 atom stereocenters. The number of para-hydroxylation sites is 1. The van der Waals surface area contributed by atoms with Crippen molar-refractivity contribution in [2.24, 2.45) is 11.5 Å². The molecule has 0 spiro atoms. The Morgan fingerprint density at radius 1 is 1.04 bits per heavy atom. The summed E-state index contributed by atoms with van der Waals surface area (Å²) in [4.78, 5) is 39.5. The first-order valence-corrected chi connectivity index (χ1v) is 10.3. The number of nitrogens with one attached hydrogen (secondary N) is 1. The fourth-order valence-electron chi connectivity index (χ4n) is 2.51. The molecule has 2 aromatic carbocycles. The zero-order valence-electron chi connectivity index (χ0n) is 14.8. The highest BCUT2D eigenvalue weighted by molar-refractivity contribution is 8.01. The number of amides is 3. The Bertz CT molecular complexity index is 983. The number of rotatable bonds is 8. The standard InChI is InChI=1S/C19H18N4O3S2/c20-17(25)11-8-12(18(21)26)10-13(9-11)22-16(24)6-3-7-27-19-23-14-4-1-2-5-15(14)28-19/h1-2,4-5,8-10H,3,6-7H2,(H2,20,25)(H2,21,26)(H,22,24). The second kappa shape index (κ2) is 8.85. The molecule has 9 heteroatoms. The van der Waals surface area contributed by atoms with Crippen LogP contribution in [0.3, 0.4) is 0 Å². The molecule has 0 saturated carbocycles. The highest BCUT2D eigenvalue weighted by Gasteiger charge is 2.11. The summed E-state index contributed by atoms with van der Waals surface area (Å²) >= 11 is 3.24. The van der Waals surface area contributed by atoms with Gasteiger partial charge in [-0.05, 0) is 36.8 Å². The molecule has 0 aliphatic rings. The fraction of sp³-hybridized carbons (Fsp3) is 0.158. The van der Waals surface area contributed by atoms with E-state index in [1.807, 2.05) is 24.3 Å². The molecule has 0 unspecified atom stereocenters. The third-order valence-corrected chi connectivity index (χ3v) is 6.10. The van der Waals surface area contributed by atoms with Crippen molar-refractivity contribution in [3.05, 3.63) is 53.6 Å². The van der Waals surface area contributed by atoms with Gasteiger partial charge in [-0.1, -0.05) is 23.9 Å². The van der Waals surface area contributed by atoms with Crippen molar-refractivity contribution in [1.82, 2.24) is 4.98 Å². The first-order chi connectivity index (χ1) is 13.4. The average molecular weight is 415 g/mol. The zero-order valence-corrected chi connectivity index (χ0v) is 16.4. The number of nitrogens with two attached hydrogens (primary N) is 2. The van der Waals surface area contributed by atoms with E-state index in [-0.39, 0.29) is 17.0 Å². The van der Waals surface area contributed by atoms with Crippen LogP contribution in [0.15, 0.2) is 46.8 Å². The molecule has 0 saturated heterocycles. The van der Waals surface area contributed by atoms with Gasteiger partial charge in [0, 0.05) is 29.0 Å². The predicted molar refractivity (Wildman–Crippen MR) is 112 cm³/mol. The van der Waals surface area contributed by atoms with Crippen molar-refractivity contribution < 1.29 is 14.4 Å². The number of aromatic nitrogens is 1. The van der Waals surface area contributed by atoms with Crippen LogP contribution in [0.2, 0.25) is 0 Å². The molecule has 3 rings (SSSR count). The van der Waals surface area contributed by atoms with Crippen LogP contribution in [0.5, 0.6) is 0 Å². The molecule has 7 nitrogen and oxygen atoms in total. The molecular weight excluding hydrogens is 396 g/mol. The third kappa shape index (κ3) is 5.08. The van der Waals surface area contributed by atoms with Crippen LogP contribution in [0.4, 0.5) is 5.69 Å². The van der Waals surface area contributed by atoms with Crippen LogP contribution in [0.25, 0.3) is 10.2 Å². The molecule has 0 fully saturated rings. The lowest BCUT2D eigenvalue weighted by molar-refractivity contribution is -0.116. The lowest BCUT2D eigenvalue weighted by Gasteiger charge is -2.08. The Morgan fingerprint density at radius 3 is 2.36 bits per heavy atom. The molecule has 28 heavy (non-hydrogen) atoms. The monoisotopic (exact) mass is 414 g/mol. The summed E-state index contributed by atoms with van der Waals surface area (Å²) in [6, 6.07) is 12.1. The minimum Gasteiger partial charge on any atom is -0.366 e. The lowest BCUT2D eigenvalue weighted by Crippen LogP contribution is -2.18. The number of fused-ring (bicyclic) bond motifs is 1. The topological polar surface area (TPSA) is 128 Å². The number of hydrogen-bond acceptors (Lipinski definition) is 6. The van der Waals surface area contributed by atoms with E-state index in [0.29, 0.717) is 18.5 Å². The quantitative estimate of drug-likeness (QED) is 0.385. The van der Waals surface area contributed by atoms with Crippen LogP contribution in [-0.4, -0.2) is 28.5 Å². The van der Waals surface area contributed by atoms with Crippen molar-refractivity contribution in [2.45, 2.75) is 17.2 Å². The average Bonchev–Trinajstić information content (AvgIpc) is 3.07. The van der Waals surface area contributed by atoms with E-state index < -0.39 is 11.8 Å². The molecule has 144 valence electrons. The molecule has 0 aliphatic heterocycles. The number of carbonyl (C=O) groups is 3. The van der Waals surface area contributed by atoms with Crippen molar-refractivity contribution >= 4 is 56.7 Å². The summed E-state index contributed by atoms with van der Waals surface area (Å²) in [6.07, 6.45) is 0.954. The maximum atomic E-state index is 12.2. The number of carbonyl (C=O) groups excluding carboxylic acids is 3. The minimum atomic E-state index is -0.703. The van der Waals surface area contributed by atoms with Gasteiger partial charge >= 0.3 is 0 Å². The van der Waals surface area contributed by atoms with Crippen LogP contribution >= 0.6 is 23.1 Å². The van der Waals surface area contributed by atoms with Gasteiger partial charge in [0.1, 0.15) is 0 Å². The fourth-order valence-corrected chi connectivity index (χ4v) is 4.59.